The number of anilines is 1. The quantitative estimate of drug-likeness (QED) is 0.882. The number of aliphatic hydroxyl groups excluding tert-OH is 1. The van der Waals surface area contributed by atoms with Gasteiger partial charge in [-0.15, -0.1) is 0 Å². The molecule has 1 amide bonds. The number of piperidine rings is 1. The highest BCUT2D eigenvalue weighted by Crippen LogP contribution is 2.25. The number of nitrogens with zero attached hydrogens (tertiary/aromatic N) is 4. The summed E-state index contributed by atoms with van der Waals surface area (Å²) < 4.78 is 2.02. The van der Waals surface area contributed by atoms with Crippen molar-refractivity contribution in [1.29, 1.82) is 0 Å². The summed E-state index contributed by atoms with van der Waals surface area (Å²) in [6.07, 6.45) is 7.85. The molecule has 0 aliphatic carbocycles. The van der Waals surface area contributed by atoms with Crippen LogP contribution in [0.15, 0.2) is 24.7 Å². The zero-order valence-corrected chi connectivity index (χ0v) is 14.4. The summed E-state index contributed by atoms with van der Waals surface area (Å²) in [6.45, 7) is 4.43. The predicted octanol–water partition coefficient (Wildman–Crippen LogP) is 1.43. The molecular formula is C18H23N5O2. The minimum atomic E-state index is -0.207. The first kappa shape index (κ1) is 16.1. The van der Waals surface area contributed by atoms with Crippen molar-refractivity contribution in [3.05, 3.63) is 30.4 Å². The second kappa shape index (κ2) is 6.48. The Labute approximate surface area is 146 Å². The molecule has 1 unspecified atom stereocenters. The summed E-state index contributed by atoms with van der Waals surface area (Å²) in [5.74, 6) is 0.678. The van der Waals surface area contributed by atoms with E-state index in [9.17, 15) is 9.90 Å². The lowest BCUT2D eigenvalue weighted by Gasteiger charge is -2.29. The number of carbonyl (C=O) groups excluding carboxylic acids is 1. The molecule has 1 atom stereocenters. The Kier molecular flexibility index (Phi) is 4.17. The Morgan fingerprint density at radius 2 is 1.96 bits per heavy atom. The molecule has 132 valence electrons. The van der Waals surface area contributed by atoms with Crippen molar-refractivity contribution in [2.45, 2.75) is 44.9 Å². The molecular weight excluding hydrogens is 318 g/mol. The number of rotatable bonds is 3. The normalized spacial score (nSPS) is 21.1. The fraction of sp³-hybridized carbons (Fsp3) is 0.500. The van der Waals surface area contributed by atoms with Crippen molar-refractivity contribution in [3.63, 3.8) is 0 Å². The minimum absolute atomic E-state index is 0.0197. The molecule has 0 radical (unpaired) electrons. The van der Waals surface area contributed by atoms with E-state index in [2.05, 4.69) is 27.1 Å². The number of hydrogen-bond acceptors (Lipinski definition) is 5. The molecule has 1 fully saturated rings. The number of fused-ring (bicyclic) bond motifs is 1. The van der Waals surface area contributed by atoms with E-state index in [1.165, 1.54) is 0 Å². The van der Waals surface area contributed by atoms with E-state index in [1.807, 2.05) is 29.2 Å². The Morgan fingerprint density at radius 3 is 2.64 bits per heavy atom. The first-order valence-corrected chi connectivity index (χ1v) is 8.90. The van der Waals surface area contributed by atoms with Crippen molar-refractivity contribution >= 4 is 11.9 Å². The molecule has 2 aromatic rings. The molecule has 0 bridgehead atoms. The maximum atomic E-state index is 12.2. The SMILES string of the molecule is CCC1Cn2cc(-c3cnc(N4CCC(O)CC4)nc3)cc2C(=O)N1. The van der Waals surface area contributed by atoms with E-state index >= 15 is 0 Å². The largest absolute Gasteiger partial charge is 0.393 e. The van der Waals surface area contributed by atoms with Crippen LogP contribution in [0, 0.1) is 0 Å². The van der Waals surface area contributed by atoms with Crippen LogP contribution in [0.2, 0.25) is 0 Å². The van der Waals surface area contributed by atoms with Gasteiger partial charge in [0.05, 0.1) is 6.10 Å². The van der Waals surface area contributed by atoms with E-state index < -0.39 is 0 Å². The molecule has 1 saturated heterocycles. The van der Waals surface area contributed by atoms with Crippen LogP contribution in [-0.4, -0.2) is 50.8 Å². The van der Waals surface area contributed by atoms with E-state index in [-0.39, 0.29) is 18.1 Å². The van der Waals surface area contributed by atoms with E-state index in [4.69, 9.17) is 0 Å². The number of nitrogens with one attached hydrogen (secondary N) is 1. The highest BCUT2D eigenvalue weighted by atomic mass is 16.3. The van der Waals surface area contributed by atoms with Gasteiger partial charge in [-0.05, 0) is 25.3 Å². The van der Waals surface area contributed by atoms with Gasteiger partial charge < -0.3 is 19.9 Å². The molecule has 4 heterocycles. The van der Waals surface area contributed by atoms with Gasteiger partial charge in [0.15, 0.2) is 0 Å². The summed E-state index contributed by atoms with van der Waals surface area (Å²) in [5.41, 5.74) is 2.56. The highest BCUT2D eigenvalue weighted by molar-refractivity contribution is 5.95. The Bertz CT molecular complexity index is 762. The lowest BCUT2D eigenvalue weighted by molar-refractivity contribution is 0.0899. The van der Waals surface area contributed by atoms with Crippen molar-refractivity contribution in [2.24, 2.45) is 0 Å². The summed E-state index contributed by atoms with van der Waals surface area (Å²) in [4.78, 5) is 23.3. The summed E-state index contributed by atoms with van der Waals surface area (Å²) in [5, 5.41) is 12.6. The van der Waals surface area contributed by atoms with Gasteiger partial charge in [0.2, 0.25) is 5.95 Å². The predicted molar refractivity (Wildman–Crippen MR) is 94.5 cm³/mol. The van der Waals surface area contributed by atoms with Gasteiger partial charge in [-0.25, -0.2) is 9.97 Å². The van der Waals surface area contributed by atoms with Crippen LogP contribution in [0.25, 0.3) is 11.1 Å². The zero-order valence-electron chi connectivity index (χ0n) is 14.4. The fourth-order valence-corrected chi connectivity index (χ4v) is 3.48. The first-order valence-electron chi connectivity index (χ1n) is 8.90. The van der Waals surface area contributed by atoms with Gasteiger partial charge in [0, 0.05) is 55.4 Å². The molecule has 7 heteroatoms. The molecule has 4 rings (SSSR count). The molecule has 2 aliphatic heterocycles. The third kappa shape index (κ3) is 3.11. The molecule has 7 nitrogen and oxygen atoms in total. The standard InChI is InChI=1S/C18H23N5O2/c1-2-14-11-23-10-12(7-16(23)17(25)21-14)13-8-19-18(20-9-13)22-5-3-15(24)4-6-22/h7-10,14-15,24H,2-6,11H2,1H3,(H,21,25). The minimum Gasteiger partial charge on any atom is -0.393 e. The topological polar surface area (TPSA) is 83.3 Å². The van der Waals surface area contributed by atoms with Gasteiger partial charge in [-0.2, -0.15) is 0 Å². The number of hydrogen-bond donors (Lipinski definition) is 2. The van der Waals surface area contributed by atoms with Crippen LogP contribution in [0.5, 0.6) is 0 Å². The summed E-state index contributed by atoms with van der Waals surface area (Å²) in [7, 11) is 0. The molecule has 2 N–H and O–H groups in total. The monoisotopic (exact) mass is 341 g/mol. The Morgan fingerprint density at radius 1 is 1.24 bits per heavy atom. The van der Waals surface area contributed by atoms with E-state index in [0.717, 1.165) is 50.0 Å². The molecule has 0 spiro atoms. The van der Waals surface area contributed by atoms with E-state index in [0.29, 0.717) is 11.6 Å². The maximum Gasteiger partial charge on any atom is 0.268 e. The van der Waals surface area contributed by atoms with Gasteiger partial charge >= 0.3 is 0 Å². The van der Waals surface area contributed by atoms with E-state index in [1.54, 1.807) is 0 Å². The van der Waals surface area contributed by atoms with Crippen LogP contribution in [0.4, 0.5) is 5.95 Å². The van der Waals surface area contributed by atoms with Gasteiger partial charge in [0.1, 0.15) is 5.69 Å². The van der Waals surface area contributed by atoms with Crippen LogP contribution in [0.1, 0.15) is 36.7 Å². The van der Waals surface area contributed by atoms with Crippen LogP contribution in [0.3, 0.4) is 0 Å². The van der Waals surface area contributed by atoms with Crippen molar-refractivity contribution in [3.8, 4) is 11.1 Å². The van der Waals surface area contributed by atoms with Crippen molar-refractivity contribution in [2.75, 3.05) is 18.0 Å². The average Bonchev–Trinajstić information content (AvgIpc) is 3.07. The van der Waals surface area contributed by atoms with Gasteiger partial charge in [-0.1, -0.05) is 6.92 Å². The first-order chi connectivity index (χ1) is 12.1. The number of aromatic nitrogens is 3. The number of carbonyl (C=O) groups is 1. The fourth-order valence-electron chi connectivity index (χ4n) is 3.48. The second-order valence-corrected chi connectivity index (χ2v) is 6.83. The molecule has 0 saturated carbocycles. The van der Waals surface area contributed by atoms with Crippen LogP contribution >= 0.6 is 0 Å². The van der Waals surface area contributed by atoms with Crippen LogP contribution in [-0.2, 0) is 6.54 Å². The molecule has 25 heavy (non-hydrogen) atoms. The molecule has 2 aliphatic rings. The second-order valence-electron chi connectivity index (χ2n) is 6.83. The number of amides is 1. The number of aliphatic hydroxyl groups is 1. The van der Waals surface area contributed by atoms with Gasteiger partial charge in [0.25, 0.3) is 5.91 Å². The molecule has 2 aromatic heterocycles. The Hall–Kier alpha value is -2.41. The zero-order chi connectivity index (χ0) is 17.4. The average molecular weight is 341 g/mol. The summed E-state index contributed by atoms with van der Waals surface area (Å²) >= 11 is 0. The maximum absolute atomic E-state index is 12.2. The summed E-state index contributed by atoms with van der Waals surface area (Å²) in [6, 6.07) is 2.09. The molecule has 0 aromatic carbocycles. The third-order valence-corrected chi connectivity index (χ3v) is 5.09. The van der Waals surface area contributed by atoms with Crippen molar-refractivity contribution in [1.82, 2.24) is 19.9 Å². The lowest BCUT2D eigenvalue weighted by atomic mass is 10.1. The third-order valence-electron chi connectivity index (χ3n) is 5.09. The smallest absolute Gasteiger partial charge is 0.268 e. The Balaban J connectivity index is 1.54. The van der Waals surface area contributed by atoms with Crippen LogP contribution < -0.4 is 10.2 Å². The highest BCUT2D eigenvalue weighted by Gasteiger charge is 2.24. The van der Waals surface area contributed by atoms with Gasteiger partial charge in [-0.3, -0.25) is 4.79 Å². The van der Waals surface area contributed by atoms with Crippen molar-refractivity contribution < 1.29 is 9.90 Å². The lowest BCUT2D eigenvalue weighted by Crippen LogP contribution is -2.43.